The average molecular weight is 332 g/mol. The Balaban J connectivity index is 2.56. The number of ketones is 1. The Labute approximate surface area is 143 Å². The van der Waals surface area contributed by atoms with Crippen LogP contribution in [0.1, 0.15) is 69.6 Å². The molecule has 2 heterocycles. The van der Waals surface area contributed by atoms with E-state index in [0.717, 1.165) is 6.42 Å². The van der Waals surface area contributed by atoms with Crippen LogP contribution in [0.25, 0.3) is 0 Å². The summed E-state index contributed by atoms with van der Waals surface area (Å²) in [6, 6.07) is 0. The molecule has 0 N–H and O–H groups in total. The molecule has 24 heavy (non-hydrogen) atoms. The van der Waals surface area contributed by atoms with Gasteiger partial charge in [0.2, 0.25) is 0 Å². The molecule has 4 nitrogen and oxygen atoms in total. The van der Waals surface area contributed by atoms with Crippen LogP contribution in [-0.2, 0) is 16.0 Å². The molecule has 2 rings (SSSR count). The fourth-order valence-corrected chi connectivity index (χ4v) is 3.52. The van der Waals surface area contributed by atoms with E-state index >= 15 is 0 Å². The van der Waals surface area contributed by atoms with Gasteiger partial charge in [0.15, 0.2) is 11.2 Å². The molecule has 0 aliphatic carbocycles. The first kappa shape index (κ1) is 18.5. The maximum atomic E-state index is 12.5. The molecule has 1 aliphatic heterocycles. The van der Waals surface area contributed by atoms with Gasteiger partial charge in [-0.05, 0) is 34.1 Å². The van der Waals surface area contributed by atoms with Crippen LogP contribution in [0.4, 0.5) is 0 Å². The molecule has 1 aliphatic rings. The van der Waals surface area contributed by atoms with Gasteiger partial charge in [0.1, 0.15) is 23.4 Å². The van der Waals surface area contributed by atoms with Crippen LogP contribution in [0.15, 0.2) is 20.5 Å². The molecule has 0 spiro atoms. The second-order valence-electron chi connectivity index (χ2n) is 6.75. The number of allylic oxidation sites excluding steroid dienone is 2. The lowest BCUT2D eigenvalue weighted by atomic mass is 9.86. The van der Waals surface area contributed by atoms with Gasteiger partial charge in [-0.25, -0.2) is 0 Å². The SMILES string of the molecule is CCc1oc(C(C)C2=C(C)C(=O)C(C)[C@H](CC)O2)c(C)c(=O)c1C. The van der Waals surface area contributed by atoms with Crippen LogP contribution >= 0.6 is 0 Å². The number of rotatable bonds is 4. The van der Waals surface area contributed by atoms with E-state index in [9.17, 15) is 9.59 Å². The standard InChI is InChI=1S/C20H28O4/c1-8-15-10(3)17(21)12(5)19(23-15)14(7)20-13(6)18(22)11(4)16(9-2)24-20/h10,14-15H,8-9H2,1-7H3/t10?,14?,15-/m0/s1. The van der Waals surface area contributed by atoms with E-state index in [1.54, 1.807) is 20.8 Å². The topological polar surface area (TPSA) is 56.5 Å². The lowest BCUT2D eigenvalue weighted by Gasteiger charge is -2.33. The van der Waals surface area contributed by atoms with Crippen molar-refractivity contribution in [2.75, 3.05) is 0 Å². The molecule has 132 valence electrons. The van der Waals surface area contributed by atoms with E-state index in [4.69, 9.17) is 9.15 Å². The van der Waals surface area contributed by atoms with Gasteiger partial charge in [-0.2, -0.15) is 0 Å². The zero-order valence-electron chi connectivity index (χ0n) is 15.8. The molecule has 1 aromatic heterocycles. The molecule has 0 radical (unpaired) electrons. The third-order valence-electron chi connectivity index (χ3n) is 5.20. The van der Waals surface area contributed by atoms with Gasteiger partial charge in [0.25, 0.3) is 0 Å². The van der Waals surface area contributed by atoms with Crippen molar-refractivity contribution in [2.45, 2.75) is 73.3 Å². The Morgan fingerprint density at radius 3 is 2.25 bits per heavy atom. The molecular weight excluding hydrogens is 304 g/mol. The van der Waals surface area contributed by atoms with Crippen LogP contribution in [0.3, 0.4) is 0 Å². The van der Waals surface area contributed by atoms with E-state index in [1.165, 1.54) is 0 Å². The summed E-state index contributed by atoms with van der Waals surface area (Å²) in [7, 11) is 0. The highest BCUT2D eigenvalue weighted by Gasteiger charge is 2.36. The highest BCUT2D eigenvalue weighted by atomic mass is 16.5. The first-order valence-corrected chi connectivity index (χ1v) is 8.79. The normalized spacial score (nSPS) is 22.5. The minimum Gasteiger partial charge on any atom is -0.493 e. The molecule has 4 heteroatoms. The second-order valence-corrected chi connectivity index (χ2v) is 6.75. The molecule has 0 saturated carbocycles. The van der Waals surface area contributed by atoms with Gasteiger partial charge in [-0.15, -0.1) is 0 Å². The zero-order valence-corrected chi connectivity index (χ0v) is 15.8. The van der Waals surface area contributed by atoms with Crippen LogP contribution in [-0.4, -0.2) is 11.9 Å². The predicted molar refractivity (Wildman–Crippen MR) is 94.3 cm³/mol. The molecule has 2 unspecified atom stereocenters. The van der Waals surface area contributed by atoms with Crippen molar-refractivity contribution in [1.29, 1.82) is 0 Å². The number of hydrogen-bond donors (Lipinski definition) is 0. The highest BCUT2D eigenvalue weighted by Crippen LogP contribution is 2.36. The first-order chi connectivity index (χ1) is 11.2. The summed E-state index contributed by atoms with van der Waals surface area (Å²) < 4.78 is 12.2. The van der Waals surface area contributed by atoms with Crippen molar-refractivity contribution in [1.82, 2.24) is 0 Å². The predicted octanol–water partition coefficient (Wildman–Crippen LogP) is 4.21. The second kappa shape index (κ2) is 6.96. The molecule has 3 atom stereocenters. The molecule has 0 bridgehead atoms. The number of Topliss-reactive ketones (excluding diaryl/α,β-unsaturated/α-hetero) is 1. The molecule has 0 fully saturated rings. The monoisotopic (exact) mass is 332 g/mol. The fourth-order valence-electron chi connectivity index (χ4n) is 3.52. The maximum absolute atomic E-state index is 12.5. The quantitative estimate of drug-likeness (QED) is 0.829. The minimum atomic E-state index is -0.255. The number of hydrogen-bond acceptors (Lipinski definition) is 4. The number of aryl methyl sites for hydroxylation is 1. The van der Waals surface area contributed by atoms with Crippen LogP contribution in [0, 0.1) is 19.8 Å². The average Bonchev–Trinajstić information content (AvgIpc) is 2.58. The van der Waals surface area contributed by atoms with Crippen molar-refractivity contribution in [3.63, 3.8) is 0 Å². The minimum absolute atomic E-state index is 0.0146. The molecule has 0 amide bonds. The third-order valence-corrected chi connectivity index (χ3v) is 5.20. The van der Waals surface area contributed by atoms with Crippen molar-refractivity contribution < 1.29 is 13.9 Å². The highest BCUT2D eigenvalue weighted by molar-refractivity contribution is 5.98. The van der Waals surface area contributed by atoms with Crippen molar-refractivity contribution in [3.8, 4) is 0 Å². The summed E-state index contributed by atoms with van der Waals surface area (Å²) in [6.45, 7) is 13.2. The Morgan fingerprint density at radius 1 is 1.08 bits per heavy atom. The fraction of sp³-hybridized carbons (Fsp3) is 0.600. The van der Waals surface area contributed by atoms with Crippen LogP contribution in [0.5, 0.6) is 0 Å². The van der Waals surface area contributed by atoms with Crippen LogP contribution < -0.4 is 5.43 Å². The van der Waals surface area contributed by atoms with E-state index in [1.807, 2.05) is 27.7 Å². The number of ether oxygens (including phenoxy) is 1. The number of carbonyl (C=O) groups excluding carboxylic acids is 1. The van der Waals surface area contributed by atoms with Gasteiger partial charge in [-0.3, -0.25) is 9.59 Å². The summed E-state index contributed by atoms with van der Waals surface area (Å²) in [6.07, 6.45) is 1.31. The summed E-state index contributed by atoms with van der Waals surface area (Å²) >= 11 is 0. The van der Waals surface area contributed by atoms with Gasteiger partial charge >= 0.3 is 0 Å². The third kappa shape index (κ3) is 2.94. The van der Waals surface area contributed by atoms with Crippen LogP contribution in [0.2, 0.25) is 0 Å². The Hall–Kier alpha value is -1.84. The maximum Gasteiger partial charge on any atom is 0.191 e. The lowest BCUT2D eigenvalue weighted by molar-refractivity contribution is -0.125. The summed E-state index contributed by atoms with van der Waals surface area (Å²) in [5, 5.41) is 0. The Morgan fingerprint density at radius 2 is 1.71 bits per heavy atom. The molecular formula is C20H28O4. The van der Waals surface area contributed by atoms with E-state index < -0.39 is 0 Å². The van der Waals surface area contributed by atoms with Gasteiger partial charge in [0.05, 0.1) is 11.8 Å². The summed E-state index contributed by atoms with van der Waals surface area (Å²) in [4.78, 5) is 25.0. The van der Waals surface area contributed by atoms with Crippen molar-refractivity contribution in [3.05, 3.63) is 44.2 Å². The zero-order chi connectivity index (χ0) is 18.2. The molecule has 0 aromatic carbocycles. The van der Waals surface area contributed by atoms with E-state index in [2.05, 4.69) is 0 Å². The number of carbonyl (C=O) groups is 1. The Kier molecular flexibility index (Phi) is 5.36. The molecule has 1 aromatic rings. The lowest BCUT2D eigenvalue weighted by Crippen LogP contribution is -2.35. The van der Waals surface area contributed by atoms with E-state index in [-0.39, 0.29) is 29.2 Å². The smallest absolute Gasteiger partial charge is 0.191 e. The van der Waals surface area contributed by atoms with Crippen molar-refractivity contribution in [2.24, 2.45) is 5.92 Å². The van der Waals surface area contributed by atoms with Crippen molar-refractivity contribution >= 4 is 5.78 Å². The van der Waals surface area contributed by atoms with Gasteiger partial charge in [-0.1, -0.05) is 20.8 Å². The Bertz CT molecular complexity index is 739. The van der Waals surface area contributed by atoms with E-state index in [0.29, 0.717) is 40.4 Å². The summed E-state index contributed by atoms with van der Waals surface area (Å²) in [5.41, 5.74) is 1.92. The molecule has 0 saturated heterocycles. The first-order valence-electron chi connectivity index (χ1n) is 8.79. The van der Waals surface area contributed by atoms with Gasteiger partial charge in [0, 0.05) is 23.1 Å². The largest absolute Gasteiger partial charge is 0.493 e. The summed E-state index contributed by atoms with van der Waals surface area (Å²) in [5.74, 6) is 1.68. The van der Waals surface area contributed by atoms with Gasteiger partial charge < -0.3 is 9.15 Å².